The standard InChI is InChI=1S/C12H11N3O2S2/c1-2-10-14-15-12(19-10)13-11(17)8-6-9(18-7-8)4-3-5-16/h6-7,16H,2,5H2,1H3,(H,13,15,17). The number of carbonyl (C=O) groups excluding carboxylic acids is 1. The molecule has 0 saturated carbocycles. The van der Waals surface area contributed by atoms with Gasteiger partial charge in [-0.3, -0.25) is 10.1 Å². The second-order valence-electron chi connectivity index (χ2n) is 3.47. The molecule has 0 aliphatic carbocycles. The summed E-state index contributed by atoms with van der Waals surface area (Å²) < 4.78 is 0. The molecule has 2 N–H and O–H groups in total. The minimum Gasteiger partial charge on any atom is -0.384 e. The van der Waals surface area contributed by atoms with E-state index in [0.717, 1.165) is 16.3 Å². The van der Waals surface area contributed by atoms with Crippen LogP contribution in [0.4, 0.5) is 5.13 Å². The van der Waals surface area contributed by atoms with Crippen molar-refractivity contribution in [1.82, 2.24) is 10.2 Å². The van der Waals surface area contributed by atoms with Gasteiger partial charge in [-0.25, -0.2) is 0 Å². The van der Waals surface area contributed by atoms with Crippen molar-refractivity contribution in [3.63, 3.8) is 0 Å². The molecule has 2 aromatic rings. The molecule has 0 aliphatic rings. The summed E-state index contributed by atoms with van der Waals surface area (Å²) in [6, 6.07) is 1.68. The number of hydrogen-bond donors (Lipinski definition) is 2. The fraction of sp³-hybridized carbons (Fsp3) is 0.250. The Hall–Kier alpha value is -1.75. The van der Waals surface area contributed by atoms with Crippen LogP contribution in [0.1, 0.15) is 27.2 Å². The van der Waals surface area contributed by atoms with Crippen LogP contribution in [0.3, 0.4) is 0 Å². The molecule has 0 fully saturated rings. The summed E-state index contributed by atoms with van der Waals surface area (Å²) in [6.45, 7) is 1.79. The fourth-order valence-electron chi connectivity index (χ4n) is 1.26. The number of nitrogens with one attached hydrogen (secondary N) is 1. The highest BCUT2D eigenvalue weighted by Crippen LogP contribution is 2.18. The van der Waals surface area contributed by atoms with E-state index in [1.165, 1.54) is 22.7 Å². The molecule has 7 heteroatoms. The van der Waals surface area contributed by atoms with Gasteiger partial charge in [-0.1, -0.05) is 30.1 Å². The lowest BCUT2D eigenvalue weighted by Gasteiger charge is -1.96. The van der Waals surface area contributed by atoms with Gasteiger partial charge in [0, 0.05) is 5.38 Å². The van der Waals surface area contributed by atoms with Gasteiger partial charge >= 0.3 is 0 Å². The summed E-state index contributed by atoms with van der Waals surface area (Å²) in [4.78, 5) is 12.7. The molecule has 0 aromatic carbocycles. The third kappa shape index (κ3) is 3.61. The van der Waals surface area contributed by atoms with Crippen LogP contribution in [0.5, 0.6) is 0 Å². The van der Waals surface area contributed by atoms with Crippen molar-refractivity contribution < 1.29 is 9.90 Å². The summed E-state index contributed by atoms with van der Waals surface area (Å²) in [5.74, 6) is 5.07. The zero-order valence-corrected chi connectivity index (χ0v) is 11.8. The predicted molar refractivity (Wildman–Crippen MR) is 75.5 cm³/mol. The zero-order chi connectivity index (χ0) is 13.7. The van der Waals surface area contributed by atoms with Gasteiger partial charge in [0.2, 0.25) is 5.13 Å². The highest BCUT2D eigenvalue weighted by atomic mass is 32.1. The second kappa shape index (κ2) is 6.43. The molecule has 2 heterocycles. The smallest absolute Gasteiger partial charge is 0.258 e. The molecule has 0 unspecified atom stereocenters. The predicted octanol–water partition coefficient (Wildman–Crippen LogP) is 1.76. The number of nitrogens with zero attached hydrogens (tertiary/aromatic N) is 2. The zero-order valence-electron chi connectivity index (χ0n) is 10.1. The van der Waals surface area contributed by atoms with E-state index in [4.69, 9.17) is 5.11 Å². The largest absolute Gasteiger partial charge is 0.384 e. The molecular weight excluding hydrogens is 282 g/mol. The number of aryl methyl sites for hydroxylation is 1. The lowest BCUT2D eigenvalue weighted by Crippen LogP contribution is -2.10. The Morgan fingerprint density at radius 3 is 3.05 bits per heavy atom. The second-order valence-corrected chi connectivity index (χ2v) is 5.44. The first kappa shape index (κ1) is 13.7. The Morgan fingerprint density at radius 2 is 2.37 bits per heavy atom. The first-order valence-electron chi connectivity index (χ1n) is 5.55. The SMILES string of the molecule is CCc1nnc(NC(=O)c2csc(C#CCO)c2)s1. The molecule has 2 rings (SSSR count). The van der Waals surface area contributed by atoms with Crippen LogP contribution in [0, 0.1) is 11.8 Å². The van der Waals surface area contributed by atoms with Crippen molar-refractivity contribution in [1.29, 1.82) is 0 Å². The van der Waals surface area contributed by atoms with Gasteiger partial charge < -0.3 is 5.11 Å². The van der Waals surface area contributed by atoms with Gasteiger partial charge in [0.25, 0.3) is 5.91 Å². The molecular formula is C12H11N3O2S2. The van der Waals surface area contributed by atoms with Crippen LogP contribution >= 0.6 is 22.7 Å². The molecule has 0 atom stereocenters. The number of rotatable bonds is 3. The summed E-state index contributed by atoms with van der Waals surface area (Å²) in [6.07, 6.45) is 0.798. The van der Waals surface area contributed by atoms with E-state index in [2.05, 4.69) is 27.4 Å². The molecule has 0 aliphatic heterocycles. The van der Waals surface area contributed by atoms with Gasteiger partial charge in [0.05, 0.1) is 10.4 Å². The monoisotopic (exact) mass is 293 g/mol. The number of aliphatic hydroxyl groups is 1. The van der Waals surface area contributed by atoms with Crippen molar-refractivity contribution in [2.24, 2.45) is 0 Å². The number of thiophene rings is 1. The summed E-state index contributed by atoms with van der Waals surface area (Å²) in [5.41, 5.74) is 0.528. The number of aliphatic hydroxyl groups excluding tert-OH is 1. The Labute approximate surface area is 118 Å². The Bertz CT molecular complexity index is 637. The topological polar surface area (TPSA) is 75.1 Å². The van der Waals surface area contributed by atoms with E-state index in [9.17, 15) is 4.79 Å². The molecule has 0 radical (unpaired) electrons. The molecule has 2 aromatic heterocycles. The normalized spacial score (nSPS) is 9.79. The van der Waals surface area contributed by atoms with Crippen LogP contribution in [0.25, 0.3) is 0 Å². The first-order valence-corrected chi connectivity index (χ1v) is 7.24. The van der Waals surface area contributed by atoms with E-state index < -0.39 is 0 Å². The highest BCUT2D eigenvalue weighted by molar-refractivity contribution is 7.15. The summed E-state index contributed by atoms with van der Waals surface area (Å²) >= 11 is 2.72. The van der Waals surface area contributed by atoms with Crippen molar-refractivity contribution in [3.8, 4) is 11.8 Å². The molecule has 19 heavy (non-hydrogen) atoms. The number of hydrogen-bond acceptors (Lipinski definition) is 6. The van der Waals surface area contributed by atoms with E-state index in [1.54, 1.807) is 11.4 Å². The minimum absolute atomic E-state index is 0.190. The van der Waals surface area contributed by atoms with Crippen LogP contribution in [0.15, 0.2) is 11.4 Å². The maximum Gasteiger partial charge on any atom is 0.258 e. The van der Waals surface area contributed by atoms with E-state index >= 15 is 0 Å². The van der Waals surface area contributed by atoms with E-state index in [-0.39, 0.29) is 12.5 Å². The summed E-state index contributed by atoms with van der Waals surface area (Å²) in [7, 11) is 0. The average Bonchev–Trinajstić information content (AvgIpc) is 3.04. The van der Waals surface area contributed by atoms with E-state index in [0.29, 0.717) is 10.7 Å². The van der Waals surface area contributed by atoms with E-state index in [1.807, 2.05) is 6.92 Å². The fourth-order valence-corrected chi connectivity index (χ4v) is 2.69. The van der Waals surface area contributed by atoms with Crippen molar-refractivity contribution >= 4 is 33.7 Å². The van der Waals surface area contributed by atoms with Gasteiger partial charge in [-0.2, -0.15) is 0 Å². The molecule has 1 amide bonds. The number of aromatic nitrogens is 2. The lowest BCUT2D eigenvalue weighted by atomic mass is 10.3. The summed E-state index contributed by atoms with van der Waals surface area (Å²) in [5, 5.41) is 22.2. The first-order chi connectivity index (χ1) is 9.22. The van der Waals surface area contributed by atoms with Crippen LogP contribution in [-0.2, 0) is 6.42 Å². The minimum atomic E-state index is -0.230. The number of carbonyl (C=O) groups is 1. The average molecular weight is 293 g/mol. The Morgan fingerprint density at radius 1 is 1.53 bits per heavy atom. The third-order valence-corrected chi connectivity index (χ3v) is 3.97. The van der Waals surface area contributed by atoms with Crippen molar-refractivity contribution in [3.05, 3.63) is 26.9 Å². The van der Waals surface area contributed by atoms with Gasteiger partial charge in [-0.15, -0.1) is 21.5 Å². The molecule has 0 spiro atoms. The van der Waals surface area contributed by atoms with Crippen LogP contribution < -0.4 is 5.32 Å². The van der Waals surface area contributed by atoms with Crippen molar-refractivity contribution in [2.45, 2.75) is 13.3 Å². The maximum absolute atomic E-state index is 11.9. The quantitative estimate of drug-likeness (QED) is 0.846. The van der Waals surface area contributed by atoms with Gasteiger partial charge in [0.1, 0.15) is 11.6 Å². The highest BCUT2D eigenvalue weighted by Gasteiger charge is 2.11. The number of amides is 1. The van der Waals surface area contributed by atoms with Crippen LogP contribution in [-0.4, -0.2) is 27.8 Å². The molecule has 0 bridgehead atoms. The Kier molecular flexibility index (Phi) is 4.63. The van der Waals surface area contributed by atoms with Gasteiger partial charge in [0.15, 0.2) is 0 Å². The third-order valence-electron chi connectivity index (χ3n) is 2.14. The molecule has 5 nitrogen and oxygen atoms in total. The maximum atomic E-state index is 11.9. The number of anilines is 1. The Balaban J connectivity index is 2.05. The van der Waals surface area contributed by atoms with Crippen molar-refractivity contribution in [2.75, 3.05) is 11.9 Å². The van der Waals surface area contributed by atoms with Crippen LogP contribution in [0.2, 0.25) is 0 Å². The van der Waals surface area contributed by atoms with Gasteiger partial charge in [-0.05, 0) is 12.5 Å². The molecule has 0 saturated heterocycles. The molecule has 98 valence electrons. The lowest BCUT2D eigenvalue weighted by molar-refractivity contribution is 0.102.